The first kappa shape index (κ1) is 16.8. The van der Waals surface area contributed by atoms with E-state index in [1.165, 1.54) is 6.42 Å². The fourth-order valence-corrected chi connectivity index (χ4v) is 0. The van der Waals surface area contributed by atoms with E-state index in [1.807, 2.05) is 12.8 Å². The van der Waals surface area contributed by atoms with E-state index in [-0.39, 0.29) is 0 Å². The van der Waals surface area contributed by atoms with Crippen molar-refractivity contribution in [2.45, 2.75) is 20.3 Å². The maximum atomic E-state index is 3.25. The van der Waals surface area contributed by atoms with Crippen LogP contribution in [0.3, 0.4) is 0 Å². The molecule has 0 saturated heterocycles. The molecule has 0 radical (unpaired) electrons. The lowest BCUT2D eigenvalue weighted by Crippen LogP contribution is -1.54. The minimum absolute atomic E-state index is 1.06. The van der Waals surface area contributed by atoms with Crippen LogP contribution in [0.4, 0.5) is 0 Å². The first-order chi connectivity index (χ1) is 4.33. The van der Waals surface area contributed by atoms with Gasteiger partial charge in [-0.05, 0) is 12.3 Å². The Hall–Kier alpha value is 1.44. The zero-order valence-corrected chi connectivity index (χ0v) is 11.0. The summed E-state index contributed by atoms with van der Waals surface area (Å²) >= 11 is 9.33. The molecule has 3 heteroatoms. The van der Waals surface area contributed by atoms with E-state index in [4.69, 9.17) is 0 Å². The van der Waals surface area contributed by atoms with E-state index in [9.17, 15) is 0 Å². The van der Waals surface area contributed by atoms with Gasteiger partial charge in [0.25, 0.3) is 0 Å². The monoisotopic (exact) mass is 324 g/mol. The number of alkyl halides is 3. The van der Waals surface area contributed by atoms with Crippen LogP contribution in [0.2, 0.25) is 0 Å². The van der Waals surface area contributed by atoms with Crippen LogP contribution >= 0.6 is 47.8 Å². The van der Waals surface area contributed by atoms with Gasteiger partial charge in [0.05, 0.1) is 0 Å². The summed E-state index contributed by atoms with van der Waals surface area (Å²) in [6, 6.07) is 0. The van der Waals surface area contributed by atoms with E-state index < -0.39 is 0 Å². The Morgan fingerprint density at radius 3 is 1.11 bits per heavy atom. The molecule has 60 valence electrons. The summed E-state index contributed by atoms with van der Waals surface area (Å²) < 4.78 is 0. The Kier molecular flexibility index (Phi) is 63.7. The van der Waals surface area contributed by atoms with Gasteiger partial charge in [-0.15, -0.1) is 0 Å². The lowest BCUT2D eigenvalue weighted by Gasteiger charge is -1.66. The van der Waals surface area contributed by atoms with Crippen molar-refractivity contribution in [1.82, 2.24) is 0 Å². The van der Waals surface area contributed by atoms with Crippen LogP contribution in [0.15, 0.2) is 0 Å². The maximum Gasteiger partial charge on any atom is 0.00286 e. The van der Waals surface area contributed by atoms with Crippen molar-refractivity contribution in [3.63, 3.8) is 0 Å². The summed E-state index contributed by atoms with van der Waals surface area (Å²) in [4.78, 5) is 0. The molecule has 0 aliphatic rings. The molecule has 0 aromatic carbocycles. The van der Waals surface area contributed by atoms with Gasteiger partial charge in [0.15, 0.2) is 0 Å². The average molecular weight is 327 g/mol. The zero-order chi connectivity index (χ0) is 8.12. The third-order valence-corrected chi connectivity index (χ3v) is 0.982. The maximum absolute atomic E-state index is 3.25. The largest absolute Gasteiger partial charge is 0.0966 e. The van der Waals surface area contributed by atoms with E-state index in [2.05, 4.69) is 54.7 Å². The molecule has 0 amide bonds. The number of rotatable bonds is 1. The summed E-state index contributed by atoms with van der Waals surface area (Å²) in [5.41, 5.74) is 0. The highest BCUT2D eigenvalue weighted by Gasteiger charge is 1.58. The van der Waals surface area contributed by atoms with Gasteiger partial charge in [0.2, 0.25) is 0 Å². The van der Waals surface area contributed by atoms with Crippen molar-refractivity contribution in [2.24, 2.45) is 0 Å². The third kappa shape index (κ3) is 87.8. The number of halogens is 3. The Labute approximate surface area is 84.2 Å². The lowest BCUT2D eigenvalue weighted by atomic mass is 10.6. The molecular formula is C6H15Br3. The molecule has 0 unspecified atom stereocenters. The molecular weight excluding hydrogens is 312 g/mol. The zero-order valence-electron chi connectivity index (χ0n) is 6.26. The van der Waals surface area contributed by atoms with Gasteiger partial charge >= 0.3 is 0 Å². The fourth-order valence-electron chi connectivity index (χ4n) is 0. The Morgan fingerprint density at radius 1 is 1.00 bits per heavy atom. The molecule has 0 heterocycles. The molecule has 0 fully saturated rings. The van der Waals surface area contributed by atoms with Crippen molar-refractivity contribution in [2.75, 3.05) is 16.5 Å². The van der Waals surface area contributed by atoms with Crippen LogP contribution in [0.1, 0.15) is 20.3 Å². The fraction of sp³-hybridized carbons (Fsp3) is 1.00. The molecule has 0 aromatic rings. The van der Waals surface area contributed by atoms with Crippen LogP contribution in [0.25, 0.3) is 0 Å². The lowest BCUT2D eigenvalue weighted by molar-refractivity contribution is 1.12. The van der Waals surface area contributed by atoms with Gasteiger partial charge in [0, 0.05) is 10.7 Å². The first-order valence-corrected chi connectivity index (χ1v) is 6.66. The highest BCUT2D eigenvalue weighted by Crippen LogP contribution is 1.80. The molecule has 0 aromatic heterocycles. The van der Waals surface area contributed by atoms with Crippen LogP contribution in [0.5, 0.6) is 0 Å². The number of hydrogen-bond donors (Lipinski definition) is 0. The van der Waals surface area contributed by atoms with Gasteiger partial charge in [-0.2, -0.15) is 0 Å². The quantitative estimate of drug-likeness (QED) is 0.633. The van der Waals surface area contributed by atoms with Crippen LogP contribution in [-0.4, -0.2) is 16.5 Å². The molecule has 0 N–H and O–H groups in total. The van der Waals surface area contributed by atoms with E-state index in [1.54, 1.807) is 0 Å². The standard InChI is InChI=1S/C3H7Br.C2H5Br.CH3Br/c1-2-3-4;1-2-3;1-2/h2-3H2,1H3;2H2,1H3;1H3. The molecule has 0 rings (SSSR count). The summed E-state index contributed by atoms with van der Waals surface area (Å²) in [6.45, 7) is 4.18. The number of hydrogen-bond acceptors (Lipinski definition) is 0. The minimum atomic E-state index is 1.06. The normalized spacial score (nSPS) is 6.00. The first-order valence-electron chi connectivity index (χ1n) is 2.83. The second kappa shape index (κ2) is 34.1. The SMILES string of the molecule is CBr.CCBr.CCCBr. The van der Waals surface area contributed by atoms with Crippen LogP contribution < -0.4 is 0 Å². The molecule has 0 saturated carbocycles. The van der Waals surface area contributed by atoms with Crippen LogP contribution in [-0.2, 0) is 0 Å². The smallest absolute Gasteiger partial charge is 0.00286 e. The minimum Gasteiger partial charge on any atom is -0.0966 e. The Morgan fingerprint density at radius 2 is 1.11 bits per heavy atom. The topological polar surface area (TPSA) is 0 Å². The van der Waals surface area contributed by atoms with Crippen molar-refractivity contribution in [3.05, 3.63) is 0 Å². The Balaban J connectivity index is -0.0000000646. The van der Waals surface area contributed by atoms with Crippen molar-refractivity contribution in [1.29, 1.82) is 0 Å². The average Bonchev–Trinajstić information content (AvgIpc) is 1.94. The van der Waals surface area contributed by atoms with Crippen molar-refractivity contribution >= 4 is 47.8 Å². The summed E-state index contributed by atoms with van der Waals surface area (Å²) in [5.74, 6) is 1.81. The molecule has 0 nitrogen and oxygen atoms in total. The predicted octanol–water partition coefficient (Wildman–Crippen LogP) is 4.20. The molecule has 0 aliphatic carbocycles. The summed E-state index contributed by atoms with van der Waals surface area (Å²) in [5, 5.41) is 2.19. The van der Waals surface area contributed by atoms with E-state index in [0.29, 0.717) is 0 Å². The van der Waals surface area contributed by atoms with Gasteiger partial charge < -0.3 is 0 Å². The third-order valence-electron chi connectivity index (χ3n) is 0.189. The van der Waals surface area contributed by atoms with Crippen molar-refractivity contribution < 1.29 is 0 Å². The summed E-state index contributed by atoms with van der Waals surface area (Å²) in [7, 11) is 0. The van der Waals surface area contributed by atoms with Crippen LogP contribution in [0, 0.1) is 0 Å². The van der Waals surface area contributed by atoms with E-state index >= 15 is 0 Å². The van der Waals surface area contributed by atoms with Gasteiger partial charge in [-0.25, -0.2) is 0 Å². The highest BCUT2D eigenvalue weighted by molar-refractivity contribution is 9.09. The van der Waals surface area contributed by atoms with E-state index in [0.717, 1.165) is 10.7 Å². The second-order valence-electron chi connectivity index (χ2n) is 0.956. The highest BCUT2D eigenvalue weighted by atomic mass is 79.9. The predicted molar refractivity (Wildman–Crippen MR) is 58.4 cm³/mol. The Bertz CT molecular complexity index is 15.8. The molecule has 0 bridgehead atoms. The second-order valence-corrected chi connectivity index (χ2v) is 2.87. The molecule has 9 heavy (non-hydrogen) atoms. The summed E-state index contributed by atoms with van der Waals surface area (Å²) in [6.07, 6.45) is 1.24. The van der Waals surface area contributed by atoms with Gasteiger partial charge in [0.1, 0.15) is 0 Å². The van der Waals surface area contributed by atoms with Gasteiger partial charge in [-0.1, -0.05) is 61.6 Å². The van der Waals surface area contributed by atoms with Gasteiger partial charge in [-0.3, -0.25) is 0 Å². The molecule has 0 aliphatic heterocycles. The van der Waals surface area contributed by atoms with Crippen molar-refractivity contribution in [3.8, 4) is 0 Å². The molecule has 0 atom stereocenters. The molecule has 0 spiro atoms.